The van der Waals surface area contributed by atoms with E-state index < -0.39 is 0 Å². The Morgan fingerprint density at radius 1 is 1.17 bits per heavy atom. The van der Waals surface area contributed by atoms with E-state index in [0.29, 0.717) is 24.2 Å². The van der Waals surface area contributed by atoms with Crippen LogP contribution in [0.4, 0.5) is 0 Å². The van der Waals surface area contributed by atoms with Crippen LogP contribution in [0.1, 0.15) is 77.7 Å². The van der Waals surface area contributed by atoms with Crippen molar-refractivity contribution in [3.63, 3.8) is 0 Å². The fourth-order valence-corrected chi connectivity index (χ4v) is 4.77. The maximum atomic E-state index is 13.1. The molecule has 1 aliphatic carbocycles. The first-order valence-electron chi connectivity index (χ1n) is 11.1. The summed E-state index contributed by atoms with van der Waals surface area (Å²) >= 11 is 5.70. The van der Waals surface area contributed by atoms with Gasteiger partial charge in [0.05, 0.1) is 6.04 Å². The summed E-state index contributed by atoms with van der Waals surface area (Å²) in [5.41, 5.74) is 2.36. The molecule has 1 amide bonds. The first-order chi connectivity index (χ1) is 13.6. The van der Waals surface area contributed by atoms with Gasteiger partial charge < -0.3 is 20.1 Å². The molecule has 6 heteroatoms. The number of hydrogen-bond acceptors (Lipinski definition) is 2. The standard InChI is InChI=1S/C23H40N4OS/c1-8-26(9-2)21(28)20(23(5,6)7)25-22(29)24-18-12-10-11-13-19(18)27-16(3)14-15-17(27)4/h14-15,18-20H,8-13H2,1-7H3,(H2,24,25,29)/t18-,19?,20-/m1/s1. The Balaban J connectivity index is 2.14. The molecule has 1 aromatic heterocycles. The second-order valence-corrected chi connectivity index (χ2v) is 9.78. The summed E-state index contributed by atoms with van der Waals surface area (Å²) in [7, 11) is 0. The van der Waals surface area contributed by atoms with Gasteiger partial charge in [-0.15, -0.1) is 0 Å². The summed E-state index contributed by atoms with van der Waals surface area (Å²) in [6.07, 6.45) is 4.69. The Kier molecular flexibility index (Phi) is 8.15. The van der Waals surface area contributed by atoms with Crippen LogP contribution in [0.25, 0.3) is 0 Å². The van der Waals surface area contributed by atoms with Crippen LogP contribution in [0.2, 0.25) is 0 Å². The third-order valence-corrected chi connectivity index (χ3v) is 6.40. The number of aryl methyl sites for hydroxylation is 2. The smallest absolute Gasteiger partial charge is 0.245 e. The van der Waals surface area contributed by atoms with Gasteiger partial charge in [-0.3, -0.25) is 4.79 Å². The number of amides is 1. The molecular formula is C23H40N4OS. The molecule has 1 fully saturated rings. The summed E-state index contributed by atoms with van der Waals surface area (Å²) in [4.78, 5) is 15.0. The van der Waals surface area contributed by atoms with E-state index in [-0.39, 0.29) is 23.4 Å². The van der Waals surface area contributed by atoms with E-state index in [9.17, 15) is 4.79 Å². The second-order valence-electron chi connectivity index (χ2n) is 9.37. The summed E-state index contributed by atoms with van der Waals surface area (Å²) in [6.45, 7) is 16.1. The van der Waals surface area contributed by atoms with Crippen molar-refractivity contribution in [3.8, 4) is 0 Å². The maximum Gasteiger partial charge on any atom is 0.245 e. The van der Waals surface area contributed by atoms with Crippen LogP contribution in [-0.2, 0) is 4.79 Å². The van der Waals surface area contributed by atoms with Gasteiger partial charge in [0.2, 0.25) is 5.91 Å². The SMILES string of the molecule is CCN(CC)C(=O)[C@@H](NC(=S)N[C@@H]1CCCCC1n1c(C)ccc1C)C(C)(C)C. The molecule has 0 aliphatic heterocycles. The summed E-state index contributed by atoms with van der Waals surface area (Å²) in [6, 6.07) is 4.70. The Morgan fingerprint density at radius 2 is 1.72 bits per heavy atom. The van der Waals surface area contributed by atoms with Gasteiger partial charge in [0.1, 0.15) is 6.04 Å². The van der Waals surface area contributed by atoms with Gasteiger partial charge in [-0.2, -0.15) is 0 Å². The molecule has 0 bridgehead atoms. The Bertz CT molecular complexity index is 683. The minimum Gasteiger partial charge on any atom is -0.358 e. The highest BCUT2D eigenvalue weighted by Gasteiger charge is 2.35. The lowest BCUT2D eigenvalue weighted by atomic mass is 9.85. The highest BCUT2D eigenvalue weighted by Crippen LogP contribution is 2.31. The van der Waals surface area contributed by atoms with Gasteiger partial charge in [0.15, 0.2) is 5.11 Å². The van der Waals surface area contributed by atoms with E-state index in [1.165, 1.54) is 24.2 Å². The minimum atomic E-state index is -0.348. The number of nitrogens with one attached hydrogen (secondary N) is 2. The first-order valence-corrected chi connectivity index (χ1v) is 11.5. The molecule has 3 atom stereocenters. The monoisotopic (exact) mass is 420 g/mol. The molecule has 2 rings (SSSR count). The van der Waals surface area contributed by atoms with E-state index in [2.05, 4.69) is 62.0 Å². The third kappa shape index (κ3) is 5.74. The van der Waals surface area contributed by atoms with E-state index in [1.54, 1.807) is 0 Å². The molecule has 1 aromatic rings. The highest BCUT2D eigenvalue weighted by molar-refractivity contribution is 7.80. The summed E-state index contributed by atoms with van der Waals surface area (Å²) in [5.74, 6) is 0.115. The molecule has 2 N–H and O–H groups in total. The predicted octanol–water partition coefficient (Wildman–Crippen LogP) is 4.34. The molecule has 1 saturated carbocycles. The average Bonchev–Trinajstić information content (AvgIpc) is 2.98. The van der Waals surface area contributed by atoms with Crippen LogP contribution < -0.4 is 10.6 Å². The number of thiocarbonyl (C=S) groups is 1. The molecule has 0 aromatic carbocycles. The zero-order valence-corrected chi connectivity index (χ0v) is 20.2. The quantitative estimate of drug-likeness (QED) is 0.672. The molecular weight excluding hydrogens is 380 g/mol. The molecule has 0 radical (unpaired) electrons. The van der Waals surface area contributed by atoms with Crippen molar-refractivity contribution in [2.45, 2.75) is 92.3 Å². The van der Waals surface area contributed by atoms with Crippen LogP contribution in [0.15, 0.2) is 12.1 Å². The van der Waals surface area contributed by atoms with Gasteiger partial charge in [0, 0.05) is 30.5 Å². The van der Waals surface area contributed by atoms with Gasteiger partial charge in [0.25, 0.3) is 0 Å². The van der Waals surface area contributed by atoms with E-state index in [4.69, 9.17) is 12.2 Å². The maximum absolute atomic E-state index is 13.1. The zero-order chi connectivity index (χ0) is 21.8. The van der Waals surface area contributed by atoms with Crippen LogP contribution in [0.3, 0.4) is 0 Å². The first kappa shape index (κ1) is 23.7. The van der Waals surface area contributed by atoms with Gasteiger partial charge in [-0.25, -0.2) is 0 Å². The van der Waals surface area contributed by atoms with Crippen molar-refractivity contribution in [2.24, 2.45) is 5.41 Å². The topological polar surface area (TPSA) is 49.3 Å². The second kappa shape index (κ2) is 9.96. The van der Waals surface area contributed by atoms with Crippen molar-refractivity contribution in [1.29, 1.82) is 0 Å². The van der Waals surface area contributed by atoms with Crippen LogP contribution in [-0.4, -0.2) is 45.7 Å². The number of rotatable bonds is 6. The fraction of sp³-hybridized carbons (Fsp3) is 0.739. The van der Waals surface area contributed by atoms with E-state index in [0.717, 1.165) is 12.8 Å². The molecule has 164 valence electrons. The summed E-state index contributed by atoms with van der Waals surface area (Å²) < 4.78 is 2.45. The molecule has 5 nitrogen and oxygen atoms in total. The molecule has 0 saturated heterocycles. The minimum absolute atomic E-state index is 0.115. The van der Waals surface area contributed by atoms with Crippen molar-refractivity contribution >= 4 is 23.2 Å². The normalized spacial score (nSPS) is 20.8. The van der Waals surface area contributed by atoms with Crippen molar-refractivity contribution in [3.05, 3.63) is 23.5 Å². The number of carbonyl (C=O) groups is 1. The lowest BCUT2D eigenvalue weighted by Crippen LogP contribution is -2.58. The number of carbonyl (C=O) groups excluding carboxylic acids is 1. The Labute approximate surface area is 182 Å². The van der Waals surface area contributed by atoms with Gasteiger partial charge in [-0.1, -0.05) is 33.6 Å². The zero-order valence-electron chi connectivity index (χ0n) is 19.3. The molecule has 29 heavy (non-hydrogen) atoms. The third-order valence-electron chi connectivity index (χ3n) is 6.17. The van der Waals surface area contributed by atoms with Gasteiger partial charge >= 0.3 is 0 Å². The fourth-order valence-electron chi connectivity index (χ4n) is 4.50. The molecule has 1 aliphatic rings. The van der Waals surface area contributed by atoms with Crippen molar-refractivity contribution in [2.75, 3.05) is 13.1 Å². The predicted molar refractivity (Wildman–Crippen MR) is 125 cm³/mol. The van der Waals surface area contributed by atoms with E-state index >= 15 is 0 Å². The number of hydrogen-bond donors (Lipinski definition) is 2. The number of likely N-dealkylation sites (N-methyl/N-ethyl adjacent to an activating group) is 1. The molecule has 0 spiro atoms. The summed E-state index contributed by atoms with van der Waals surface area (Å²) in [5, 5.41) is 7.53. The number of nitrogens with zero attached hydrogens (tertiary/aromatic N) is 2. The van der Waals surface area contributed by atoms with Gasteiger partial charge in [-0.05, 0) is 70.3 Å². The van der Waals surface area contributed by atoms with Crippen LogP contribution >= 0.6 is 12.2 Å². The Hall–Kier alpha value is -1.56. The lowest BCUT2D eigenvalue weighted by molar-refractivity contribution is -0.135. The molecule has 1 heterocycles. The van der Waals surface area contributed by atoms with Crippen molar-refractivity contribution < 1.29 is 4.79 Å². The highest BCUT2D eigenvalue weighted by atomic mass is 32.1. The van der Waals surface area contributed by atoms with Crippen LogP contribution in [0.5, 0.6) is 0 Å². The largest absolute Gasteiger partial charge is 0.358 e. The van der Waals surface area contributed by atoms with E-state index in [1.807, 2.05) is 18.7 Å². The lowest BCUT2D eigenvalue weighted by Gasteiger charge is -2.38. The van der Waals surface area contributed by atoms with Crippen LogP contribution in [0, 0.1) is 19.3 Å². The average molecular weight is 421 g/mol. The number of aromatic nitrogens is 1. The molecule has 1 unspecified atom stereocenters. The van der Waals surface area contributed by atoms with Crippen molar-refractivity contribution in [1.82, 2.24) is 20.1 Å². The Morgan fingerprint density at radius 3 is 2.24 bits per heavy atom.